The van der Waals surface area contributed by atoms with E-state index in [-0.39, 0.29) is 11.6 Å². The van der Waals surface area contributed by atoms with Crippen molar-refractivity contribution in [1.82, 2.24) is 10.2 Å². The van der Waals surface area contributed by atoms with Crippen molar-refractivity contribution in [2.45, 2.75) is 6.61 Å². The average Bonchev–Trinajstić information content (AvgIpc) is 2.82. The molecule has 5 nitrogen and oxygen atoms in total. The molecule has 2 aromatic carbocycles. The Kier molecular flexibility index (Phi) is 4.66. The molecule has 1 N–H and O–H groups in total. The smallest absolute Gasteiger partial charge is 0.328 e. The molecular weight excluding hydrogens is 372 g/mol. The number of ether oxygens (including phenoxy) is 1. The molecule has 0 aliphatic carbocycles. The molecule has 1 aliphatic rings. The SMILES string of the molecule is CN1C(=O)N/C(=C/c2ccc(OCc3ccccc3)c(Br)c2)C1=O. The molecule has 0 unspecified atom stereocenters. The number of nitrogens with one attached hydrogen (secondary N) is 1. The maximum Gasteiger partial charge on any atom is 0.328 e. The fraction of sp³-hybridized carbons (Fsp3) is 0.111. The van der Waals surface area contributed by atoms with Crippen molar-refractivity contribution >= 4 is 33.9 Å². The highest BCUT2D eigenvalue weighted by atomic mass is 79.9. The molecule has 0 radical (unpaired) electrons. The number of halogens is 1. The summed E-state index contributed by atoms with van der Waals surface area (Å²) >= 11 is 3.47. The summed E-state index contributed by atoms with van der Waals surface area (Å²) in [7, 11) is 1.44. The van der Waals surface area contributed by atoms with Crippen LogP contribution in [0.2, 0.25) is 0 Å². The zero-order chi connectivity index (χ0) is 17.1. The van der Waals surface area contributed by atoms with Gasteiger partial charge in [-0.15, -0.1) is 0 Å². The number of hydrogen-bond donors (Lipinski definition) is 1. The first-order valence-corrected chi connectivity index (χ1v) is 8.11. The normalized spacial score (nSPS) is 15.8. The summed E-state index contributed by atoms with van der Waals surface area (Å²) < 4.78 is 6.57. The molecule has 2 aromatic rings. The van der Waals surface area contributed by atoms with Crippen LogP contribution in [-0.2, 0) is 11.4 Å². The number of likely N-dealkylation sites (N-methyl/N-ethyl adjacent to an activating group) is 1. The molecule has 1 fully saturated rings. The Labute approximate surface area is 148 Å². The van der Waals surface area contributed by atoms with Gasteiger partial charge in [0.25, 0.3) is 5.91 Å². The van der Waals surface area contributed by atoms with Gasteiger partial charge in [0.15, 0.2) is 0 Å². The molecule has 0 aromatic heterocycles. The van der Waals surface area contributed by atoms with Crippen molar-refractivity contribution in [3.63, 3.8) is 0 Å². The quantitative estimate of drug-likeness (QED) is 0.645. The number of carbonyl (C=O) groups excluding carboxylic acids is 2. The van der Waals surface area contributed by atoms with Crippen LogP contribution in [0.5, 0.6) is 5.75 Å². The van der Waals surface area contributed by atoms with E-state index in [1.54, 1.807) is 6.08 Å². The third kappa shape index (κ3) is 3.49. The van der Waals surface area contributed by atoms with Crippen LogP contribution in [0.3, 0.4) is 0 Å². The van der Waals surface area contributed by atoms with Crippen LogP contribution in [0.25, 0.3) is 6.08 Å². The number of carbonyl (C=O) groups is 2. The van der Waals surface area contributed by atoms with Gasteiger partial charge in [0.05, 0.1) is 4.47 Å². The second-order valence-corrected chi connectivity index (χ2v) is 6.17. The van der Waals surface area contributed by atoms with E-state index in [4.69, 9.17) is 4.74 Å². The molecule has 0 saturated carbocycles. The number of hydrogen-bond acceptors (Lipinski definition) is 3. The molecule has 3 rings (SSSR count). The summed E-state index contributed by atoms with van der Waals surface area (Å²) in [6.07, 6.45) is 1.63. The molecule has 0 spiro atoms. The number of imide groups is 1. The van der Waals surface area contributed by atoms with Gasteiger partial charge in [-0.25, -0.2) is 4.79 Å². The molecule has 1 heterocycles. The maximum absolute atomic E-state index is 11.9. The molecule has 1 aliphatic heterocycles. The van der Waals surface area contributed by atoms with Crippen LogP contribution in [0.4, 0.5) is 4.79 Å². The van der Waals surface area contributed by atoms with Gasteiger partial charge in [-0.05, 0) is 45.3 Å². The van der Waals surface area contributed by atoms with Crippen molar-refractivity contribution in [3.05, 3.63) is 69.8 Å². The van der Waals surface area contributed by atoms with Crippen LogP contribution in [0.15, 0.2) is 58.7 Å². The molecular formula is C18H15BrN2O3. The van der Waals surface area contributed by atoms with Crippen molar-refractivity contribution in [2.75, 3.05) is 7.05 Å². The summed E-state index contributed by atoms with van der Waals surface area (Å²) in [4.78, 5) is 24.4. The minimum atomic E-state index is -0.423. The van der Waals surface area contributed by atoms with E-state index in [1.807, 2.05) is 48.5 Å². The van der Waals surface area contributed by atoms with Gasteiger partial charge in [0.1, 0.15) is 18.1 Å². The standard InChI is InChI=1S/C18H15BrN2O3/c1-21-17(22)15(20-18(21)23)10-13-7-8-16(14(19)9-13)24-11-12-5-3-2-4-6-12/h2-10H,11H2,1H3,(H,20,23)/b15-10+. The fourth-order valence-corrected chi connectivity index (χ4v) is 2.76. The lowest BCUT2D eigenvalue weighted by molar-refractivity contribution is -0.121. The Balaban J connectivity index is 1.73. The van der Waals surface area contributed by atoms with Gasteiger partial charge in [-0.3, -0.25) is 9.69 Å². The van der Waals surface area contributed by atoms with Crippen LogP contribution in [0.1, 0.15) is 11.1 Å². The van der Waals surface area contributed by atoms with Crippen molar-refractivity contribution in [3.8, 4) is 5.75 Å². The number of urea groups is 1. The number of amides is 3. The van der Waals surface area contributed by atoms with Gasteiger partial charge in [0.2, 0.25) is 0 Å². The van der Waals surface area contributed by atoms with Crippen molar-refractivity contribution in [1.29, 1.82) is 0 Å². The topological polar surface area (TPSA) is 58.6 Å². The van der Waals surface area contributed by atoms with Gasteiger partial charge in [-0.2, -0.15) is 0 Å². The van der Waals surface area contributed by atoms with Crippen LogP contribution >= 0.6 is 15.9 Å². The monoisotopic (exact) mass is 386 g/mol. The lowest BCUT2D eigenvalue weighted by atomic mass is 10.2. The van der Waals surface area contributed by atoms with Gasteiger partial charge in [0, 0.05) is 7.05 Å². The minimum Gasteiger partial charge on any atom is -0.488 e. The zero-order valence-corrected chi connectivity index (χ0v) is 14.5. The first-order chi connectivity index (χ1) is 11.5. The molecule has 0 bridgehead atoms. The number of benzene rings is 2. The van der Waals surface area contributed by atoms with E-state index >= 15 is 0 Å². The summed E-state index contributed by atoms with van der Waals surface area (Å²) in [5.41, 5.74) is 2.12. The first kappa shape index (κ1) is 16.3. The Morgan fingerprint density at radius 3 is 2.54 bits per heavy atom. The molecule has 3 amide bonds. The maximum atomic E-state index is 11.9. The fourth-order valence-electron chi connectivity index (χ4n) is 2.25. The predicted molar refractivity (Wildman–Crippen MR) is 94.2 cm³/mol. The molecule has 0 atom stereocenters. The summed E-state index contributed by atoms with van der Waals surface area (Å²) in [6.45, 7) is 0.471. The predicted octanol–water partition coefficient (Wildman–Crippen LogP) is 3.55. The highest BCUT2D eigenvalue weighted by molar-refractivity contribution is 9.10. The largest absolute Gasteiger partial charge is 0.488 e. The third-order valence-corrected chi connectivity index (χ3v) is 4.21. The summed E-state index contributed by atoms with van der Waals surface area (Å²) in [6, 6.07) is 15.0. The molecule has 122 valence electrons. The van der Waals surface area contributed by atoms with E-state index in [0.717, 1.165) is 20.5 Å². The molecule has 6 heteroatoms. The lowest BCUT2D eigenvalue weighted by Crippen LogP contribution is -2.25. The summed E-state index contributed by atoms with van der Waals surface area (Å²) in [5, 5.41) is 2.53. The zero-order valence-electron chi connectivity index (χ0n) is 13.0. The van der Waals surface area contributed by atoms with E-state index in [9.17, 15) is 9.59 Å². The average molecular weight is 387 g/mol. The Morgan fingerprint density at radius 2 is 1.92 bits per heavy atom. The highest BCUT2D eigenvalue weighted by Gasteiger charge is 2.29. The van der Waals surface area contributed by atoms with E-state index < -0.39 is 6.03 Å². The molecule has 1 saturated heterocycles. The van der Waals surface area contributed by atoms with Crippen LogP contribution < -0.4 is 10.1 Å². The molecule has 24 heavy (non-hydrogen) atoms. The van der Waals surface area contributed by atoms with Crippen molar-refractivity contribution in [2.24, 2.45) is 0 Å². The second-order valence-electron chi connectivity index (χ2n) is 5.32. The Morgan fingerprint density at radius 1 is 1.17 bits per heavy atom. The van der Waals surface area contributed by atoms with Gasteiger partial charge < -0.3 is 10.1 Å². The Hall–Kier alpha value is -2.60. The first-order valence-electron chi connectivity index (χ1n) is 7.31. The third-order valence-electron chi connectivity index (χ3n) is 3.59. The van der Waals surface area contributed by atoms with E-state index in [1.165, 1.54) is 7.05 Å². The van der Waals surface area contributed by atoms with Crippen LogP contribution in [0, 0.1) is 0 Å². The van der Waals surface area contributed by atoms with Crippen molar-refractivity contribution < 1.29 is 14.3 Å². The second kappa shape index (κ2) is 6.88. The van der Waals surface area contributed by atoms with Gasteiger partial charge >= 0.3 is 6.03 Å². The minimum absolute atomic E-state index is 0.257. The van der Waals surface area contributed by atoms with E-state index in [0.29, 0.717) is 12.4 Å². The number of rotatable bonds is 4. The van der Waals surface area contributed by atoms with Crippen LogP contribution in [-0.4, -0.2) is 23.9 Å². The van der Waals surface area contributed by atoms with E-state index in [2.05, 4.69) is 21.2 Å². The van der Waals surface area contributed by atoms with Gasteiger partial charge in [-0.1, -0.05) is 36.4 Å². The highest BCUT2D eigenvalue weighted by Crippen LogP contribution is 2.28. The Bertz CT molecular complexity index is 818. The lowest BCUT2D eigenvalue weighted by Gasteiger charge is -2.09. The number of nitrogens with zero attached hydrogens (tertiary/aromatic N) is 1. The summed E-state index contributed by atoms with van der Waals surface area (Å²) in [5.74, 6) is 0.362.